The molecule has 0 radical (unpaired) electrons. The molecule has 3 rings (SSSR count). The van der Waals surface area contributed by atoms with Gasteiger partial charge in [-0.3, -0.25) is 4.99 Å². The number of rotatable bonds is 8. The first-order valence-corrected chi connectivity index (χ1v) is 10.6. The van der Waals surface area contributed by atoms with E-state index < -0.39 is 0 Å². The highest BCUT2D eigenvalue weighted by molar-refractivity contribution is 5.79. The third-order valence-corrected chi connectivity index (χ3v) is 6.04. The minimum Gasteiger partial charge on any atom is -0.357 e. The van der Waals surface area contributed by atoms with Gasteiger partial charge in [0.25, 0.3) is 0 Å². The molecule has 2 saturated carbocycles. The molecular formula is C20H38N4. The van der Waals surface area contributed by atoms with Gasteiger partial charge in [0.1, 0.15) is 0 Å². The Morgan fingerprint density at radius 1 is 1.00 bits per heavy atom. The van der Waals surface area contributed by atoms with Crippen LogP contribution >= 0.6 is 0 Å². The number of nitrogens with zero attached hydrogens (tertiary/aromatic N) is 2. The van der Waals surface area contributed by atoms with E-state index in [0.717, 1.165) is 43.5 Å². The third kappa shape index (κ3) is 5.94. The van der Waals surface area contributed by atoms with Crippen molar-refractivity contribution in [3.8, 4) is 0 Å². The Balaban J connectivity index is 1.32. The lowest BCUT2D eigenvalue weighted by Gasteiger charge is -2.21. The summed E-state index contributed by atoms with van der Waals surface area (Å²) in [5.74, 6) is 2.79. The first-order chi connectivity index (χ1) is 11.8. The van der Waals surface area contributed by atoms with Gasteiger partial charge in [-0.2, -0.15) is 0 Å². The van der Waals surface area contributed by atoms with Crippen LogP contribution < -0.4 is 10.6 Å². The van der Waals surface area contributed by atoms with Crippen molar-refractivity contribution in [2.24, 2.45) is 16.8 Å². The molecule has 1 atom stereocenters. The quantitative estimate of drug-likeness (QED) is 0.406. The van der Waals surface area contributed by atoms with Crippen LogP contribution in [-0.2, 0) is 0 Å². The van der Waals surface area contributed by atoms with Gasteiger partial charge < -0.3 is 15.5 Å². The summed E-state index contributed by atoms with van der Waals surface area (Å²) in [7, 11) is 0. The number of likely N-dealkylation sites (tertiary alicyclic amines) is 1. The van der Waals surface area contributed by atoms with Gasteiger partial charge >= 0.3 is 0 Å². The summed E-state index contributed by atoms with van der Waals surface area (Å²) in [4.78, 5) is 7.55. The smallest absolute Gasteiger partial charge is 0.191 e. The van der Waals surface area contributed by atoms with Crippen LogP contribution in [0.25, 0.3) is 0 Å². The van der Waals surface area contributed by atoms with Gasteiger partial charge in [0.05, 0.1) is 0 Å². The summed E-state index contributed by atoms with van der Waals surface area (Å²) in [5.41, 5.74) is 0. The van der Waals surface area contributed by atoms with Crippen LogP contribution in [0.2, 0.25) is 0 Å². The average molecular weight is 335 g/mol. The lowest BCUT2D eigenvalue weighted by Crippen LogP contribution is -2.38. The fraction of sp³-hybridized carbons (Fsp3) is 0.950. The first-order valence-electron chi connectivity index (χ1n) is 10.6. The standard InChI is InChI=1S/C20H38N4/c1-2-21-20(22-13-6-9-17-7-4-3-5-8-17)23-15-18-12-14-24(16-18)19-10-11-19/h17-19H,2-16H2,1H3,(H2,21,22,23). The normalized spacial score (nSPS) is 26.7. The van der Waals surface area contributed by atoms with Crippen LogP contribution in [0.4, 0.5) is 0 Å². The van der Waals surface area contributed by atoms with Crippen molar-refractivity contribution in [1.29, 1.82) is 0 Å². The predicted molar refractivity (Wildman–Crippen MR) is 102 cm³/mol. The maximum Gasteiger partial charge on any atom is 0.191 e. The van der Waals surface area contributed by atoms with Crippen molar-refractivity contribution < 1.29 is 0 Å². The van der Waals surface area contributed by atoms with E-state index in [-0.39, 0.29) is 0 Å². The Bertz CT molecular complexity index is 385. The summed E-state index contributed by atoms with van der Waals surface area (Å²) in [6.07, 6.45) is 14.2. The van der Waals surface area contributed by atoms with Gasteiger partial charge in [0, 0.05) is 32.2 Å². The van der Waals surface area contributed by atoms with Gasteiger partial charge in [0.15, 0.2) is 5.96 Å². The second kappa shape index (κ2) is 9.65. The highest BCUT2D eigenvalue weighted by Crippen LogP contribution is 2.31. The van der Waals surface area contributed by atoms with Crippen molar-refractivity contribution in [3.05, 3.63) is 0 Å². The van der Waals surface area contributed by atoms with Crippen LogP contribution in [0.1, 0.15) is 71.1 Å². The molecular weight excluding hydrogens is 296 g/mol. The maximum absolute atomic E-state index is 4.86. The van der Waals surface area contributed by atoms with Crippen molar-refractivity contribution >= 4 is 5.96 Å². The Hall–Kier alpha value is -0.770. The second-order valence-corrected chi connectivity index (χ2v) is 8.17. The zero-order valence-corrected chi connectivity index (χ0v) is 15.7. The highest BCUT2D eigenvalue weighted by Gasteiger charge is 2.34. The molecule has 3 aliphatic rings. The number of guanidine groups is 1. The second-order valence-electron chi connectivity index (χ2n) is 8.17. The number of hydrogen-bond acceptors (Lipinski definition) is 2. The maximum atomic E-state index is 4.86. The van der Waals surface area contributed by atoms with E-state index in [2.05, 4.69) is 22.5 Å². The van der Waals surface area contributed by atoms with Crippen molar-refractivity contribution in [3.63, 3.8) is 0 Å². The summed E-state index contributed by atoms with van der Waals surface area (Å²) >= 11 is 0. The molecule has 1 unspecified atom stereocenters. The van der Waals surface area contributed by atoms with E-state index in [9.17, 15) is 0 Å². The largest absolute Gasteiger partial charge is 0.357 e. The van der Waals surface area contributed by atoms with Crippen LogP contribution in [0.3, 0.4) is 0 Å². The van der Waals surface area contributed by atoms with Gasteiger partial charge in [-0.05, 0) is 57.4 Å². The van der Waals surface area contributed by atoms with Crippen LogP contribution in [0, 0.1) is 11.8 Å². The zero-order valence-electron chi connectivity index (χ0n) is 15.7. The van der Waals surface area contributed by atoms with Crippen LogP contribution in [0.5, 0.6) is 0 Å². The Morgan fingerprint density at radius 2 is 1.83 bits per heavy atom. The molecule has 1 heterocycles. The van der Waals surface area contributed by atoms with E-state index in [1.165, 1.54) is 77.3 Å². The average Bonchev–Trinajstić information content (AvgIpc) is 3.36. The van der Waals surface area contributed by atoms with Crippen molar-refractivity contribution in [2.45, 2.75) is 77.2 Å². The first kappa shape index (κ1) is 18.0. The Labute approximate surface area is 148 Å². The Kier molecular flexibility index (Phi) is 7.25. The molecule has 0 amide bonds. The molecule has 2 N–H and O–H groups in total. The molecule has 2 aliphatic carbocycles. The molecule has 1 saturated heterocycles. The summed E-state index contributed by atoms with van der Waals surface area (Å²) in [6.45, 7) is 7.74. The van der Waals surface area contributed by atoms with Crippen molar-refractivity contribution in [2.75, 3.05) is 32.7 Å². The summed E-state index contributed by atoms with van der Waals surface area (Å²) < 4.78 is 0. The van der Waals surface area contributed by atoms with Gasteiger partial charge in [-0.25, -0.2) is 0 Å². The zero-order chi connectivity index (χ0) is 16.6. The molecule has 4 heteroatoms. The number of aliphatic imine (C=N–C) groups is 1. The molecule has 0 spiro atoms. The fourth-order valence-corrected chi connectivity index (χ4v) is 4.42. The van der Waals surface area contributed by atoms with Gasteiger partial charge in [0.2, 0.25) is 0 Å². The molecule has 0 aromatic carbocycles. The Morgan fingerprint density at radius 3 is 2.58 bits per heavy atom. The minimum atomic E-state index is 0.767. The van der Waals surface area contributed by atoms with Gasteiger partial charge in [-0.1, -0.05) is 32.1 Å². The summed E-state index contributed by atoms with van der Waals surface area (Å²) in [5, 5.41) is 6.97. The monoisotopic (exact) mass is 334 g/mol. The van der Waals surface area contributed by atoms with E-state index in [1.54, 1.807) is 0 Å². The fourth-order valence-electron chi connectivity index (χ4n) is 4.42. The number of nitrogens with one attached hydrogen (secondary N) is 2. The van der Waals surface area contributed by atoms with Crippen molar-refractivity contribution in [1.82, 2.24) is 15.5 Å². The predicted octanol–water partition coefficient (Wildman–Crippen LogP) is 3.39. The lowest BCUT2D eigenvalue weighted by molar-refractivity contribution is 0.315. The molecule has 4 nitrogen and oxygen atoms in total. The molecule has 24 heavy (non-hydrogen) atoms. The molecule has 0 bridgehead atoms. The minimum absolute atomic E-state index is 0.767. The number of hydrogen-bond donors (Lipinski definition) is 2. The molecule has 138 valence electrons. The molecule has 1 aliphatic heterocycles. The van der Waals surface area contributed by atoms with E-state index in [4.69, 9.17) is 4.99 Å². The van der Waals surface area contributed by atoms with E-state index >= 15 is 0 Å². The van der Waals surface area contributed by atoms with Gasteiger partial charge in [-0.15, -0.1) is 0 Å². The van der Waals surface area contributed by atoms with E-state index in [1.807, 2.05) is 0 Å². The third-order valence-electron chi connectivity index (χ3n) is 6.04. The van der Waals surface area contributed by atoms with Crippen LogP contribution in [0.15, 0.2) is 4.99 Å². The lowest BCUT2D eigenvalue weighted by atomic mass is 9.86. The molecule has 3 fully saturated rings. The molecule has 0 aromatic heterocycles. The van der Waals surface area contributed by atoms with E-state index in [0.29, 0.717) is 0 Å². The highest BCUT2D eigenvalue weighted by atomic mass is 15.2. The summed E-state index contributed by atoms with van der Waals surface area (Å²) in [6, 6.07) is 0.921. The molecule has 0 aromatic rings. The SMILES string of the molecule is CCNC(=NCC1CCN(C2CC2)C1)NCCCC1CCCCC1. The van der Waals surface area contributed by atoms with Crippen LogP contribution in [-0.4, -0.2) is 49.6 Å². The topological polar surface area (TPSA) is 39.7 Å².